The molecule has 0 bridgehead atoms. The molecule has 0 heterocycles. The summed E-state index contributed by atoms with van der Waals surface area (Å²) in [7, 11) is -3.49. The average Bonchev–Trinajstić information content (AvgIpc) is 2.39. The fourth-order valence-corrected chi connectivity index (χ4v) is 10.3. The van der Waals surface area contributed by atoms with Gasteiger partial charge < -0.3 is 8.85 Å². The van der Waals surface area contributed by atoms with Crippen LogP contribution in [0.5, 0.6) is 0 Å². The Labute approximate surface area is 155 Å². The quantitative estimate of drug-likeness (QED) is 0.396. The molecule has 0 N–H and O–H groups in total. The van der Waals surface area contributed by atoms with Crippen LogP contribution in [0.4, 0.5) is 0 Å². The topological polar surface area (TPSA) is 18.5 Å². The first-order chi connectivity index (χ1) is 10.6. The Hall–Kier alpha value is 0.354. The molecule has 2 nitrogen and oxygen atoms in total. The van der Waals surface area contributed by atoms with Crippen LogP contribution in [-0.4, -0.2) is 29.3 Å². The standard InChI is InChI=1S/C20H46O2Si2/c1-15(2)24(16(3)4,17(5)6)22-19(8)18(7)14-21-23(12,13)20(9,10)11/h15-19H,14H2,1-13H3/t18-,19+/m1/s1. The van der Waals surface area contributed by atoms with Crippen LogP contribution in [0.3, 0.4) is 0 Å². The summed E-state index contributed by atoms with van der Waals surface area (Å²) in [6, 6.07) is 0. The van der Waals surface area contributed by atoms with E-state index in [9.17, 15) is 0 Å². The van der Waals surface area contributed by atoms with Gasteiger partial charge in [0, 0.05) is 18.6 Å². The summed E-state index contributed by atoms with van der Waals surface area (Å²) in [6.45, 7) is 31.1. The lowest BCUT2D eigenvalue weighted by Gasteiger charge is -2.45. The summed E-state index contributed by atoms with van der Waals surface area (Å²) in [4.78, 5) is 0. The summed E-state index contributed by atoms with van der Waals surface area (Å²) in [6.07, 6.45) is 0.258. The minimum absolute atomic E-state index is 0.258. The molecule has 0 saturated carbocycles. The third-order valence-corrected chi connectivity index (χ3v) is 17.1. The maximum absolute atomic E-state index is 6.91. The van der Waals surface area contributed by atoms with E-state index in [0.717, 1.165) is 6.61 Å². The molecule has 2 atom stereocenters. The lowest BCUT2D eigenvalue weighted by molar-refractivity contribution is 0.0976. The van der Waals surface area contributed by atoms with E-state index in [1.807, 2.05) is 0 Å². The van der Waals surface area contributed by atoms with Crippen molar-refractivity contribution in [3.05, 3.63) is 0 Å². The van der Waals surface area contributed by atoms with Crippen LogP contribution in [0.1, 0.15) is 76.2 Å². The molecule has 0 aliphatic carbocycles. The van der Waals surface area contributed by atoms with Gasteiger partial charge in [0.15, 0.2) is 8.32 Å². The van der Waals surface area contributed by atoms with E-state index < -0.39 is 16.6 Å². The van der Waals surface area contributed by atoms with Crippen LogP contribution >= 0.6 is 0 Å². The molecule has 0 fully saturated rings. The molecule has 0 aromatic heterocycles. The molecule has 0 amide bonds. The summed E-state index contributed by atoms with van der Waals surface area (Å²) in [5.74, 6) is 0.433. The molecule has 0 saturated heterocycles. The largest absolute Gasteiger partial charge is 0.416 e. The van der Waals surface area contributed by atoms with Crippen molar-refractivity contribution < 1.29 is 8.85 Å². The highest BCUT2D eigenvalue weighted by atomic mass is 28.4. The predicted molar refractivity (Wildman–Crippen MR) is 114 cm³/mol. The molecule has 24 heavy (non-hydrogen) atoms. The number of hydrogen-bond acceptors (Lipinski definition) is 2. The zero-order chi connectivity index (χ0) is 19.5. The molecule has 0 spiro atoms. The predicted octanol–water partition coefficient (Wildman–Crippen LogP) is 7.22. The van der Waals surface area contributed by atoms with Crippen LogP contribution in [0.25, 0.3) is 0 Å². The average molecular weight is 375 g/mol. The zero-order valence-corrected chi connectivity index (χ0v) is 20.9. The van der Waals surface area contributed by atoms with Crippen LogP contribution < -0.4 is 0 Å². The van der Waals surface area contributed by atoms with Crippen molar-refractivity contribution in [2.75, 3.05) is 6.61 Å². The summed E-state index contributed by atoms with van der Waals surface area (Å²) in [5, 5.41) is 0.267. The van der Waals surface area contributed by atoms with E-state index in [-0.39, 0.29) is 11.1 Å². The van der Waals surface area contributed by atoms with Crippen LogP contribution in [-0.2, 0) is 8.85 Å². The molecule has 4 heteroatoms. The van der Waals surface area contributed by atoms with E-state index >= 15 is 0 Å². The number of rotatable bonds is 9. The highest BCUT2D eigenvalue weighted by Crippen LogP contribution is 2.44. The van der Waals surface area contributed by atoms with E-state index in [1.54, 1.807) is 0 Å². The molecule has 0 aromatic carbocycles. The van der Waals surface area contributed by atoms with Gasteiger partial charge in [0.25, 0.3) is 0 Å². The van der Waals surface area contributed by atoms with Gasteiger partial charge in [-0.2, -0.15) is 0 Å². The van der Waals surface area contributed by atoms with Crippen molar-refractivity contribution in [2.45, 2.75) is 117 Å². The van der Waals surface area contributed by atoms with Crippen molar-refractivity contribution >= 4 is 16.6 Å². The Bertz CT molecular complexity index is 349. The van der Waals surface area contributed by atoms with Gasteiger partial charge in [0.2, 0.25) is 8.32 Å². The smallest absolute Gasteiger partial charge is 0.200 e. The lowest BCUT2D eigenvalue weighted by atomic mass is 10.1. The highest BCUT2D eigenvalue weighted by Gasteiger charge is 2.46. The fraction of sp³-hybridized carbons (Fsp3) is 1.00. The SMILES string of the molecule is CC(C)[Si](O[C@@H](C)[C@H](C)CO[Si](C)(C)C(C)(C)C)(C(C)C)C(C)C. The monoisotopic (exact) mass is 374 g/mol. The Morgan fingerprint density at radius 1 is 0.750 bits per heavy atom. The Balaban J connectivity index is 5.05. The van der Waals surface area contributed by atoms with E-state index in [1.165, 1.54) is 0 Å². The van der Waals surface area contributed by atoms with Gasteiger partial charge in [0.05, 0.1) is 0 Å². The van der Waals surface area contributed by atoms with Gasteiger partial charge in [-0.1, -0.05) is 69.2 Å². The van der Waals surface area contributed by atoms with Gasteiger partial charge in [-0.25, -0.2) is 0 Å². The molecular weight excluding hydrogens is 328 g/mol. The van der Waals surface area contributed by atoms with E-state index in [4.69, 9.17) is 8.85 Å². The summed E-state index contributed by atoms with van der Waals surface area (Å²) in [5.41, 5.74) is 1.90. The molecule has 0 aromatic rings. The first kappa shape index (κ1) is 24.4. The molecule has 0 rings (SSSR count). The highest BCUT2D eigenvalue weighted by molar-refractivity contribution is 6.77. The van der Waals surface area contributed by atoms with Crippen molar-refractivity contribution in [1.29, 1.82) is 0 Å². The minimum Gasteiger partial charge on any atom is -0.416 e. The van der Waals surface area contributed by atoms with E-state index in [2.05, 4.69) is 89.3 Å². The number of hydrogen-bond donors (Lipinski definition) is 0. The minimum atomic E-state index is -1.81. The molecule has 0 aliphatic heterocycles. The molecule has 0 aliphatic rings. The van der Waals surface area contributed by atoms with Crippen molar-refractivity contribution in [1.82, 2.24) is 0 Å². The van der Waals surface area contributed by atoms with Crippen molar-refractivity contribution in [3.8, 4) is 0 Å². The Kier molecular flexibility index (Phi) is 8.96. The second-order valence-electron chi connectivity index (χ2n) is 10.2. The molecular formula is C20H46O2Si2. The molecule has 146 valence electrons. The maximum atomic E-state index is 6.91. The van der Waals surface area contributed by atoms with Crippen molar-refractivity contribution in [2.24, 2.45) is 5.92 Å². The third kappa shape index (κ3) is 5.68. The second-order valence-corrected chi connectivity index (χ2v) is 20.4. The van der Waals surface area contributed by atoms with Gasteiger partial charge in [-0.05, 0) is 41.7 Å². The molecule has 0 unspecified atom stereocenters. The third-order valence-electron chi connectivity index (χ3n) is 6.41. The normalized spacial score (nSPS) is 17.0. The first-order valence-corrected chi connectivity index (χ1v) is 15.0. The Morgan fingerprint density at radius 3 is 1.42 bits per heavy atom. The summed E-state index contributed by atoms with van der Waals surface area (Å²) < 4.78 is 13.4. The van der Waals surface area contributed by atoms with Gasteiger partial charge in [-0.3, -0.25) is 0 Å². The van der Waals surface area contributed by atoms with E-state index in [0.29, 0.717) is 22.5 Å². The van der Waals surface area contributed by atoms with Crippen LogP contribution in [0.2, 0.25) is 34.8 Å². The van der Waals surface area contributed by atoms with Crippen molar-refractivity contribution in [3.63, 3.8) is 0 Å². The van der Waals surface area contributed by atoms with Crippen LogP contribution in [0, 0.1) is 5.92 Å². The maximum Gasteiger partial charge on any atom is 0.200 e. The Morgan fingerprint density at radius 2 is 1.12 bits per heavy atom. The van der Waals surface area contributed by atoms with Gasteiger partial charge >= 0.3 is 0 Å². The second kappa shape index (κ2) is 8.83. The van der Waals surface area contributed by atoms with Gasteiger partial charge in [0.1, 0.15) is 0 Å². The van der Waals surface area contributed by atoms with Gasteiger partial charge in [-0.15, -0.1) is 0 Å². The van der Waals surface area contributed by atoms with Crippen LogP contribution in [0.15, 0.2) is 0 Å². The fourth-order valence-electron chi connectivity index (χ4n) is 3.54. The lowest BCUT2D eigenvalue weighted by Crippen LogP contribution is -2.51. The first-order valence-electron chi connectivity index (χ1n) is 9.91. The molecule has 0 radical (unpaired) electrons. The zero-order valence-electron chi connectivity index (χ0n) is 18.9. The summed E-state index contributed by atoms with van der Waals surface area (Å²) >= 11 is 0.